The molecule has 1 aliphatic heterocycles. The van der Waals surface area contributed by atoms with Gasteiger partial charge in [-0.1, -0.05) is 38.3 Å². The smallest absolute Gasteiger partial charge is 0.157 e. The minimum absolute atomic E-state index is 0.0266. The summed E-state index contributed by atoms with van der Waals surface area (Å²) in [6.07, 6.45) is 11.6. The van der Waals surface area contributed by atoms with Crippen LogP contribution in [-0.4, -0.2) is 69.0 Å². The standard InChI is InChI=1S/C29H44N2O4/c1-2-3-15-30(19-14-23-10-12-26(32)28(34)21-23)16-6-4-5-7-17-31-18-8-9-25(31)20-24-11-13-27(33)29(35)22-24/h10-13,21-22,25,32-35H,2-9,14-20H2,1H3/t25-/m1/s1. The monoisotopic (exact) mass is 484 g/mol. The number of benzene rings is 2. The average molecular weight is 485 g/mol. The minimum Gasteiger partial charge on any atom is -0.504 e. The third kappa shape index (κ3) is 8.93. The number of hydrogen-bond donors (Lipinski definition) is 4. The summed E-state index contributed by atoms with van der Waals surface area (Å²) >= 11 is 0. The van der Waals surface area contributed by atoms with Crippen LogP contribution in [0.2, 0.25) is 0 Å². The molecule has 35 heavy (non-hydrogen) atoms. The predicted molar refractivity (Wildman–Crippen MR) is 141 cm³/mol. The number of phenols is 4. The molecular weight excluding hydrogens is 440 g/mol. The van der Waals surface area contributed by atoms with Gasteiger partial charge in [0.25, 0.3) is 0 Å². The van der Waals surface area contributed by atoms with Gasteiger partial charge in [0.1, 0.15) is 0 Å². The predicted octanol–water partition coefficient (Wildman–Crippen LogP) is 5.42. The summed E-state index contributed by atoms with van der Waals surface area (Å²) in [5.74, 6) is -0.174. The van der Waals surface area contributed by atoms with Gasteiger partial charge in [-0.05, 0) is 107 Å². The van der Waals surface area contributed by atoms with Gasteiger partial charge in [-0.15, -0.1) is 0 Å². The zero-order valence-corrected chi connectivity index (χ0v) is 21.3. The fraction of sp³-hybridized carbons (Fsp3) is 0.586. The van der Waals surface area contributed by atoms with Crippen molar-refractivity contribution in [1.29, 1.82) is 0 Å². The van der Waals surface area contributed by atoms with Crippen molar-refractivity contribution < 1.29 is 20.4 Å². The van der Waals surface area contributed by atoms with Crippen LogP contribution in [0.15, 0.2) is 36.4 Å². The molecule has 194 valence electrons. The summed E-state index contributed by atoms with van der Waals surface area (Å²) in [6.45, 7) is 7.73. The molecule has 0 radical (unpaired) electrons. The summed E-state index contributed by atoms with van der Waals surface area (Å²) in [5.41, 5.74) is 2.15. The summed E-state index contributed by atoms with van der Waals surface area (Å²) < 4.78 is 0. The fourth-order valence-corrected chi connectivity index (χ4v) is 5.12. The molecule has 0 aromatic heterocycles. The van der Waals surface area contributed by atoms with Crippen molar-refractivity contribution in [3.8, 4) is 23.0 Å². The van der Waals surface area contributed by atoms with Gasteiger partial charge >= 0.3 is 0 Å². The highest BCUT2D eigenvalue weighted by atomic mass is 16.3. The molecule has 1 saturated heterocycles. The Kier molecular flexibility index (Phi) is 11.0. The first kappa shape index (κ1) is 27.2. The van der Waals surface area contributed by atoms with Crippen LogP contribution in [0, 0.1) is 0 Å². The van der Waals surface area contributed by atoms with E-state index in [9.17, 15) is 20.4 Å². The Hall–Kier alpha value is -2.44. The van der Waals surface area contributed by atoms with E-state index in [-0.39, 0.29) is 23.0 Å². The molecule has 1 heterocycles. The van der Waals surface area contributed by atoms with E-state index in [1.807, 2.05) is 12.1 Å². The van der Waals surface area contributed by atoms with Crippen molar-refractivity contribution in [3.05, 3.63) is 47.5 Å². The Morgan fingerprint density at radius 1 is 0.771 bits per heavy atom. The van der Waals surface area contributed by atoms with Crippen molar-refractivity contribution >= 4 is 0 Å². The quantitative estimate of drug-likeness (QED) is 0.199. The summed E-state index contributed by atoms with van der Waals surface area (Å²) in [6, 6.07) is 10.9. The fourth-order valence-electron chi connectivity index (χ4n) is 5.12. The molecule has 0 saturated carbocycles. The van der Waals surface area contributed by atoms with Gasteiger partial charge in [0.05, 0.1) is 0 Å². The average Bonchev–Trinajstić information content (AvgIpc) is 3.28. The normalized spacial score (nSPS) is 16.3. The molecule has 0 aliphatic carbocycles. The maximum atomic E-state index is 9.78. The van der Waals surface area contributed by atoms with E-state index in [1.54, 1.807) is 24.3 Å². The summed E-state index contributed by atoms with van der Waals surface area (Å²) in [4.78, 5) is 5.14. The van der Waals surface area contributed by atoms with E-state index in [1.165, 1.54) is 51.4 Å². The van der Waals surface area contributed by atoms with E-state index in [2.05, 4.69) is 16.7 Å². The lowest BCUT2D eigenvalue weighted by atomic mass is 10.0. The highest BCUT2D eigenvalue weighted by Crippen LogP contribution is 2.28. The second-order valence-electron chi connectivity index (χ2n) is 10.0. The van der Waals surface area contributed by atoms with Crippen LogP contribution in [0.5, 0.6) is 23.0 Å². The highest BCUT2D eigenvalue weighted by Gasteiger charge is 2.24. The zero-order chi connectivity index (χ0) is 25.0. The molecule has 1 fully saturated rings. The second kappa shape index (κ2) is 14.2. The maximum Gasteiger partial charge on any atom is 0.157 e. The first-order valence-electron chi connectivity index (χ1n) is 13.4. The first-order valence-corrected chi connectivity index (χ1v) is 13.4. The van der Waals surface area contributed by atoms with Gasteiger partial charge < -0.3 is 30.2 Å². The minimum atomic E-state index is -0.0588. The van der Waals surface area contributed by atoms with Gasteiger partial charge in [-0.25, -0.2) is 0 Å². The van der Waals surface area contributed by atoms with Gasteiger partial charge in [0.15, 0.2) is 23.0 Å². The molecule has 0 spiro atoms. The molecule has 6 nitrogen and oxygen atoms in total. The maximum absolute atomic E-state index is 9.78. The Morgan fingerprint density at radius 2 is 1.43 bits per heavy atom. The second-order valence-corrected chi connectivity index (χ2v) is 10.0. The Balaban J connectivity index is 1.34. The molecular formula is C29H44N2O4. The number of phenolic OH excluding ortho intramolecular Hbond substituents is 4. The molecule has 4 N–H and O–H groups in total. The SMILES string of the molecule is CCCCN(CCCCCCN1CCC[C@@H]1Cc1ccc(O)c(O)c1)CCc1ccc(O)c(O)c1. The van der Waals surface area contributed by atoms with Crippen molar-refractivity contribution in [3.63, 3.8) is 0 Å². The first-order chi connectivity index (χ1) is 17.0. The Labute approximate surface area is 210 Å². The molecule has 1 aliphatic rings. The summed E-state index contributed by atoms with van der Waals surface area (Å²) in [7, 11) is 0. The van der Waals surface area contributed by atoms with Crippen LogP contribution < -0.4 is 0 Å². The van der Waals surface area contributed by atoms with Crippen LogP contribution in [-0.2, 0) is 12.8 Å². The van der Waals surface area contributed by atoms with E-state index in [4.69, 9.17) is 0 Å². The molecule has 0 amide bonds. The number of likely N-dealkylation sites (tertiary alicyclic amines) is 1. The van der Waals surface area contributed by atoms with Crippen LogP contribution in [0.1, 0.15) is 69.4 Å². The Bertz CT molecular complexity index is 904. The molecule has 0 unspecified atom stereocenters. The van der Waals surface area contributed by atoms with Gasteiger partial charge in [-0.3, -0.25) is 0 Å². The van der Waals surface area contributed by atoms with Crippen molar-refractivity contribution in [1.82, 2.24) is 9.80 Å². The molecule has 2 aromatic rings. The topological polar surface area (TPSA) is 87.4 Å². The third-order valence-electron chi connectivity index (χ3n) is 7.26. The number of unbranched alkanes of at least 4 members (excludes halogenated alkanes) is 4. The van der Waals surface area contributed by atoms with E-state index >= 15 is 0 Å². The van der Waals surface area contributed by atoms with Gasteiger partial charge in [0, 0.05) is 12.6 Å². The van der Waals surface area contributed by atoms with Gasteiger partial charge in [0.2, 0.25) is 0 Å². The number of aromatic hydroxyl groups is 4. The van der Waals surface area contributed by atoms with Crippen LogP contribution >= 0.6 is 0 Å². The van der Waals surface area contributed by atoms with E-state index in [0.717, 1.165) is 56.7 Å². The van der Waals surface area contributed by atoms with E-state index in [0.29, 0.717) is 6.04 Å². The third-order valence-corrected chi connectivity index (χ3v) is 7.26. The van der Waals surface area contributed by atoms with Crippen molar-refractivity contribution in [2.45, 2.75) is 77.2 Å². The highest BCUT2D eigenvalue weighted by molar-refractivity contribution is 5.41. The lowest BCUT2D eigenvalue weighted by molar-refractivity contribution is 0.242. The van der Waals surface area contributed by atoms with Gasteiger partial charge in [-0.2, -0.15) is 0 Å². The number of rotatable bonds is 15. The number of hydrogen-bond acceptors (Lipinski definition) is 6. The van der Waals surface area contributed by atoms with Crippen molar-refractivity contribution in [2.24, 2.45) is 0 Å². The van der Waals surface area contributed by atoms with Crippen LogP contribution in [0.3, 0.4) is 0 Å². The lowest BCUT2D eigenvalue weighted by Gasteiger charge is -2.25. The molecule has 0 bridgehead atoms. The molecule has 1 atom stereocenters. The van der Waals surface area contributed by atoms with Crippen LogP contribution in [0.25, 0.3) is 0 Å². The number of nitrogens with zero attached hydrogens (tertiary/aromatic N) is 2. The Morgan fingerprint density at radius 3 is 2.14 bits per heavy atom. The molecule has 2 aromatic carbocycles. The zero-order valence-electron chi connectivity index (χ0n) is 21.3. The summed E-state index contributed by atoms with van der Waals surface area (Å²) in [5, 5.41) is 38.6. The van der Waals surface area contributed by atoms with Crippen molar-refractivity contribution in [2.75, 3.05) is 32.7 Å². The molecule has 6 heteroatoms. The lowest BCUT2D eigenvalue weighted by Crippen LogP contribution is -2.32. The molecule has 3 rings (SSSR count). The van der Waals surface area contributed by atoms with Crippen LogP contribution in [0.4, 0.5) is 0 Å². The largest absolute Gasteiger partial charge is 0.504 e. The van der Waals surface area contributed by atoms with E-state index < -0.39 is 0 Å².